The zero-order valence-corrected chi connectivity index (χ0v) is 17.8. The fourth-order valence-corrected chi connectivity index (χ4v) is 2.94. The first kappa shape index (κ1) is 22.6. The lowest BCUT2D eigenvalue weighted by Crippen LogP contribution is -2.32. The van der Waals surface area contributed by atoms with E-state index in [9.17, 15) is 14.4 Å². The van der Waals surface area contributed by atoms with Gasteiger partial charge in [-0.1, -0.05) is 42.5 Å². The zero-order valence-electron chi connectivity index (χ0n) is 17.8. The van der Waals surface area contributed by atoms with Crippen molar-refractivity contribution in [2.24, 2.45) is 0 Å². The predicted octanol–water partition coefficient (Wildman–Crippen LogP) is 3.24. The Morgan fingerprint density at radius 1 is 0.750 bits per heavy atom. The number of anilines is 1. The molecule has 0 heterocycles. The molecule has 7 nitrogen and oxygen atoms in total. The Labute approximate surface area is 186 Å². The highest BCUT2D eigenvalue weighted by atomic mass is 16.5. The van der Waals surface area contributed by atoms with Crippen LogP contribution < -0.4 is 20.7 Å². The Bertz CT molecular complexity index is 1050. The summed E-state index contributed by atoms with van der Waals surface area (Å²) >= 11 is 0. The lowest BCUT2D eigenvalue weighted by molar-refractivity contribution is -0.123. The molecule has 0 bridgehead atoms. The largest absolute Gasteiger partial charge is 0.484 e. The van der Waals surface area contributed by atoms with Crippen LogP contribution in [-0.4, -0.2) is 37.4 Å². The average molecular weight is 431 g/mol. The number of carbonyl (C=O) groups is 3. The van der Waals surface area contributed by atoms with Crippen LogP contribution in [0.2, 0.25) is 0 Å². The molecule has 0 aliphatic rings. The molecule has 3 N–H and O–H groups in total. The number of amides is 3. The Kier molecular flexibility index (Phi) is 7.97. The molecule has 0 unspecified atom stereocenters. The molecule has 0 radical (unpaired) electrons. The predicted molar refractivity (Wildman–Crippen MR) is 123 cm³/mol. The second kappa shape index (κ2) is 11.3. The van der Waals surface area contributed by atoms with Gasteiger partial charge in [0.2, 0.25) is 5.91 Å². The second-order valence-corrected chi connectivity index (χ2v) is 6.94. The van der Waals surface area contributed by atoms with E-state index >= 15 is 0 Å². The van der Waals surface area contributed by atoms with Crippen molar-refractivity contribution in [2.45, 2.75) is 6.92 Å². The summed E-state index contributed by atoms with van der Waals surface area (Å²) in [4.78, 5) is 35.9. The Balaban J connectivity index is 1.45. The highest BCUT2D eigenvalue weighted by Gasteiger charge is 2.09. The fourth-order valence-electron chi connectivity index (χ4n) is 2.94. The molecule has 3 amide bonds. The highest BCUT2D eigenvalue weighted by Crippen LogP contribution is 2.19. The van der Waals surface area contributed by atoms with Crippen LogP contribution >= 0.6 is 0 Å². The lowest BCUT2D eigenvalue weighted by atomic mass is 10.0. The molecular weight excluding hydrogens is 406 g/mol. The molecule has 0 atom stereocenters. The van der Waals surface area contributed by atoms with E-state index in [1.165, 1.54) is 0 Å². The molecule has 0 saturated carbocycles. The van der Waals surface area contributed by atoms with E-state index < -0.39 is 0 Å². The lowest BCUT2D eigenvalue weighted by Gasteiger charge is -2.09. The molecule has 0 fully saturated rings. The minimum Gasteiger partial charge on any atom is -0.484 e. The molecule has 0 spiro atoms. The number of nitrogens with one attached hydrogen (secondary N) is 3. The van der Waals surface area contributed by atoms with Gasteiger partial charge in [0, 0.05) is 17.8 Å². The molecular formula is C25H25N3O4. The third-order valence-electron chi connectivity index (χ3n) is 4.55. The number of likely N-dealkylation sites (N-methyl/N-ethyl adjacent to an activating group) is 1. The van der Waals surface area contributed by atoms with Gasteiger partial charge in [0.15, 0.2) is 6.61 Å². The summed E-state index contributed by atoms with van der Waals surface area (Å²) in [6.45, 7) is 2.15. The normalized spacial score (nSPS) is 10.2. The van der Waals surface area contributed by atoms with Gasteiger partial charge in [-0.05, 0) is 54.4 Å². The van der Waals surface area contributed by atoms with Gasteiger partial charge in [-0.2, -0.15) is 0 Å². The Morgan fingerprint density at radius 3 is 2.06 bits per heavy atom. The minimum atomic E-state index is -0.352. The van der Waals surface area contributed by atoms with Gasteiger partial charge >= 0.3 is 0 Å². The minimum absolute atomic E-state index is 0.0715. The molecule has 0 aliphatic carbocycles. The maximum absolute atomic E-state index is 12.3. The third kappa shape index (κ3) is 6.70. The average Bonchev–Trinajstić information content (AvgIpc) is 2.83. The molecule has 3 rings (SSSR count). The first-order valence-electron chi connectivity index (χ1n) is 10.3. The molecule has 7 heteroatoms. The molecule has 3 aromatic carbocycles. The monoisotopic (exact) mass is 431 g/mol. The molecule has 3 aromatic rings. The van der Waals surface area contributed by atoms with Crippen molar-refractivity contribution in [3.63, 3.8) is 0 Å². The van der Waals surface area contributed by atoms with Gasteiger partial charge in [-0.15, -0.1) is 0 Å². The number of hydrogen-bond donors (Lipinski definition) is 3. The number of hydrogen-bond acceptors (Lipinski definition) is 4. The van der Waals surface area contributed by atoms with Crippen molar-refractivity contribution in [1.29, 1.82) is 0 Å². The summed E-state index contributed by atoms with van der Waals surface area (Å²) in [6, 6.07) is 23.7. The van der Waals surface area contributed by atoms with Crippen LogP contribution in [0.4, 0.5) is 5.69 Å². The summed E-state index contributed by atoms with van der Waals surface area (Å²) < 4.78 is 5.36. The van der Waals surface area contributed by atoms with Crippen molar-refractivity contribution in [2.75, 3.05) is 25.0 Å². The van der Waals surface area contributed by atoms with Crippen LogP contribution in [-0.2, 0) is 9.59 Å². The van der Waals surface area contributed by atoms with Gasteiger partial charge in [-0.3, -0.25) is 14.4 Å². The third-order valence-corrected chi connectivity index (χ3v) is 4.55. The van der Waals surface area contributed by atoms with E-state index in [1.807, 2.05) is 49.4 Å². The van der Waals surface area contributed by atoms with E-state index in [0.29, 0.717) is 23.5 Å². The maximum atomic E-state index is 12.3. The first-order chi connectivity index (χ1) is 15.5. The molecule has 0 saturated heterocycles. The van der Waals surface area contributed by atoms with E-state index in [-0.39, 0.29) is 30.9 Å². The smallest absolute Gasteiger partial charge is 0.257 e. The van der Waals surface area contributed by atoms with Gasteiger partial charge < -0.3 is 20.7 Å². The number of rotatable bonds is 9. The number of carbonyl (C=O) groups excluding carboxylic acids is 3. The van der Waals surface area contributed by atoms with Crippen molar-refractivity contribution >= 4 is 23.4 Å². The van der Waals surface area contributed by atoms with E-state index in [2.05, 4.69) is 16.0 Å². The zero-order chi connectivity index (χ0) is 22.8. The number of benzene rings is 3. The quantitative estimate of drug-likeness (QED) is 0.485. The second-order valence-electron chi connectivity index (χ2n) is 6.94. The fraction of sp³-hybridized carbons (Fsp3) is 0.160. The molecule has 164 valence electrons. The van der Waals surface area contributed by atoms with Gasteiger partial charge in [-0.25, -0.2) is 0 Å². The van der Waals surface area contributed by atoms with Crippen molar-refractivity contribution in [3.05, 3.63) is 84.4 Å². The Morgan fingerprint density at radius 2 is 1.41 bits per heavy atom. The van der Waals surface area contributed by atoms with E-state index in [0.717, 1.165) is 11.1 Å². The van der Waals surface area contributed by atoms with Crippen molar-refractivity contribution in [1.82, 2.24) is 10.6 Å². The standard InChI is InChI=1S/C25H25N3O4/c1-2-26-24(30)17-32-22-14-12-21(13-15-22)28-23(29)16-27-25(31)20-10-8-19(9-11-20)18-6-4-3-5-7-18/h3-15H,2,16-17H2,1H3,(H,26,30)(H,27,31)(H,28,29). The van der Waals surface area contributed by atoms with Crippen molar-refractivity contribution < 1.29 is 19.1 Å². The maximum Gasteiger partial charge on any atom is 0.257 e. The summed E-state index contributed by atoms with van der Waals surface area (Å²) in [7, 11) is 0. The summed E-state index contributed by atoms with van der Waals surface area (Å²) in [6.07, 6.45) is 0. The van der Waals surface area contributed by atoms with Gasteiger partial charge in [0.25, 0.3) is 11.8 Å². The molecule has 32 heavy (non-hydrogen) atoms. The van der Waals surface area contributed by atoms with Crippen LogP contribution in [0, 0.1) is 0 Å². The number of ether oxygens (including phenoxy) is 1. The van der Waals surface area contributed by atoms with Gasteiger partial charge in [0.05, 0.1) is 6.54 Å². The summed E-state index contributed by atoms with van der Waals surface area (Å²) in [5, 5.41) is 7.96. The van der Waals surface area contributed by atoms with Crippen LogP contribution in [0.1, 0.15) is 17.3 Å². The first-order valence-corrected chi connectivity index (χ1v) is 10.3. The van der Waals surface area contributed by atoms with Crippen LogP contribution in [0.3, 0.4) is 0 Å². The van der Waals surface area contributed by atoms with E-state index in [4.69, 9.17) is 4.74 Å². The SMILES string of the molecule is CCNC(=O)COc1ccc(NC(=O)CNC(=O)c2ccc(-c3ccccc3)cc2)cc1. The van der Waals surface area contributed by atoms with Crippen LogP contribution in [0.5, 0.6) is 5.75 Å². The van der Waals surface area contributed by atoms with Crippen LogP contribution in [0.25, 0.3) is 11.1 Å². The molecule has 0 aliphatic heterocycles. The summed E-state index contributed by atoms with van der Waals surface area (Å²) in [5.74, 6) is -0.360. The summed E-state index contributed by atoms with van der Waals surface area (Å²) in [5.41, 5.74) is 3.12. The van der Waals surface area contributed by atoms with E-state index in [1.54, 1.807) is 36.4 Å². The highest BCUT2D eigenvalue weighted by molar-refractivity contribution is 5.99. The molecule has 0 aromatic heterocycles. The van der Waals surface area contributed by atoms with Gasteiger partial charge in [0.1, 0.15) is 5.75 Å². The Hall–Kier alpha value is -4.13. The van der Waals surface area contributed by atoms with Crippen LogP contribution in [0.15, 0.2) is 78.9 Å². The topological polar surface area (TPSA) is 96.5 Å². The van der Waals surface area contributed by atoms with Crippen molar-refractivity contribution in [3.8, 4) is 16.9 Å².